The molecule has 1 N–H and O–H groups in total. The molecule has 0 aromatic heterocycles. The van der Waals surface area contributed by atoms with Gasteiger partial charge < -0.3 is 15.0 Å². The smallest absolute Gasteiger partial charge is 0.0587 e. The van der Waals surface area contributed by atoms with Crippen molar-refractivity contribution in [3.63, 3.8) is 0 Å². The van der Waals surface area contributed by atoms with Gasteiger partial charge in [0.25, 0.3) is 0 Å². The summed E-state index contributed by atoms with van der Waals surface area (Å²) in [4.78, 5) is 2.63. The van der Waals surface area contributed by atoms with Gasteiger partial charge in [0.1, 0.15) is 0 Å². The molecule has 2 saturated carbocycles. The van der Waals surface area contributed by atoms with E-state index in [0.717, 1.165) is 31.7 Å². The Morgan fingerprint density at radius 3 is 2.71 bits per heavy atom. The minimum Gasteiger partial charge on any atom is -0.383 e. The second-order valence-electron chi connectivity index (χ2n) is 6.27. The second kappa shape index (κ2) is 7.12. The number of hydrogen-bond acceptors (Lipinski definition) is 3. The van der Waals surface area contributed by atoms with E-state index >= 15 is 0 Å². The number of nitrogens with zero attached hydrogens (tertiary/aromatic N) is 1. The molecule has 116 valence electrons. The molecule has 0 atom stereocenters. The Morgan fingerprint density at radius 2 is 2.10 bits per heavy atom. The van der Waals surface area contributed by atoms with E-state index < -0.39 is 0 Å². The van der Waals surface area contributed by atoms with Gasteiger partial charge in [-0.05, 0) is 49.3 Å². The summed E-state index contributed by atoms with van der Waals surface area (Å²) < 4.78 is 6.27. The first-order chi connectivity index (χ1) is 10.3. The lowest BCUT2D eigenvalue weighted by Crippen LogP contribution is -2.28. The highest BCUT2D eigenvalue weighted by molar-refractivity contribution is 9.10. The number of ether oxygens (including phenoxy) is 1. The molecule has 0 heterocycles. The maximum absolute atomic E-state index is 5.06. The van der Waals surface area contributed by atoms with Crippen LogP contribution in [0.3, 0.4) is 0 Å². The van der Waals surface area contributed by atoms with Crippen LogP contribution in [0.15, 0.2) is 22.7 Å². The highest BCUT2D eigenvalue weighted by atomic mass is 79.9. The van der Waals surface area contributed by atoms with Gasteiger partial charge in [0.05, 0.1) is 6.61 Å². The zero-order valence-electron chi connectivity index (χ0n) is 12.8. The number of halogens is 1. The van der Waals surface area contributed by atoms with E-state index in [1.54, 1.807) is 7.11 Å². The summed E-state index contributed by atoms with van der Waals surface area (Å²) in [6.07, 6.45) is 5.58. The molecule has 0 radical (unpaired) electrons. The Morgan fingerprint density at radius 1 is 1.29 bits per heavy atom. The van der Waals surface area contributed by atoms with E-state index in [4.69, 9.17) is 4.74 Å². The van der Waals surface area contributed by atoms with Gasteiger partial charge in [-0.1, -0.05) is 22.0 Å². The normalized spacial score (nSPS) is 18.0. The number of benzene rings is 1. The monoisotopic (exact) mass is 352 g/mol. The fourth-order valence-corrected chi connectivity index (χ4v) is 3.19. The standard InChI is InChI=1S/C17H25BrN2O/c1-21-9-8-19-11-14-4-5-16(10-17(14)18)20(15-6-7-15)12-13-2-3-13/h4-5,10,13,15,19H,2-3,6-9,11-12H2,1H3. The minimum atomic E-state index is 0.756. The first-order valence-corrected chi connectivity index (χ1v) is 8.82. The van der Waals surface area contributed by atoms with E-state index in [-0.39, 0.29) is 0 Å². The molecule has 0 bridgehead atoms. The molecule has 1 aromatic rings. The molecule has 0 unspecified atom stereocenters. The third-order valence-corrected chi connectivity index (χ3v) is 5.04. The lowest BCUT2D eigenvalue weighted by molar-refractivity contribution is 0.199. The SMILES string of the molecule is COCCNCc1ccc(N(CC2CC2)C2CC2)cc1Br. The zero-order valence-corrected chi connectivity index (χ0v) is 14.4. The fourth-order valence-electron chi connectivity index (χ4n) is 2.69. The maximum Gasteiger partial charge on any atom is 0.0587 e. The number of rotatable bonds is 9. The molecule has 1 aromatic carbocycles. The van der Waals surface area contributed by atoms with Crippen LogP contribution in [0.25, 0.3) is 0 Å². The van der Waals surface area contributed by atoms with Crippen LogP contribution in [0.5, 0.6) is 0 Å². The summed E-state index contributed by atoms with van der Waals surface area (Å²) in [5.74, 6) is 0.944. The van der Waals surface area contributed by atoms with Crippen LogP contribution >= 0.6 is 15.9 Å². The lowest BCUT2D eigenvalue weighted by atomic mass is 10.2. The fraction of sp³-hybridized carbons (Fsp3) is 0.647. The number of hydrogen-bond donors (Lipinski definition) is 1. The summed E-state index contributed by atoms with van der Waals surface area (Å²) >= 11 is 3.74. The summed E-state index contributed by atoms with van der Waals surface area (Å²) in [6.45, 7) is 3.78. The highest BCUT2D eigenvalue weighted by Crippen LogP contribution is 2.38. The van der Waals surface area contributed by atoms with Crippen LogP contribution in [0, 0.1) is 5.92 Å². The average Bonchev–Trinajstić information content (AvgIpc) is 3.36. The molecular formula is C17H25BrN2O. The maximum atomic E-state index is 5.06. The minimum absolute atomic E-state index is 0.756. The van der Waals surface area contributed by atoms with E-state index in [1.807, 2.05) is 0 Å². The summed E-state index contributed by atoms with van der Waals surface area (Å²) in [6, 6.07) is 7.64. The van der Waals surface area contributed by atoms with Crippen LogP contribution in [-0.2, 0) is 11.3 Å². The van der Waals surface area contributed by atoms with Gasteiger partial charge in [0, 0.05) is 42.9 Å². The Balaban J connectivity index is 1.61. The van der Waals surface area contributed by atoms with Gasteiger partial charge in [0.2, 0.25) is 0 Å². The average molecular weight is 353 g/mol. The third-order valence-electron chi connectivity index (χ3n) is 4.31. The van der Waals surface area contributed by atoms with E-state index in [0.29, 0.717) is 0 Å². The van der Waals surface area contributed by atoms with Crippen molar-refractivity contribution in [2.45, 2.75) is 38.3 Å². The Kier molecular flexibility index (Phi) is 5.19. The third kappa shape index (κ3) is 4.44. The van der Waals surface area contributed by atoms with Crippen molar-refractivity contribution in [3.8, 4) is 0 Å². The molecule has 21 heavy (non-hydrogen) atoms. The largest absolute Gasteiger partial charge is 0.383 e. The van der Waals surface area contributed by atoms with Gasteiger partial charge in [0.15, 0.2) is 0 Å². The quantitative estimate of drug-likeness (QED) is 0.687. The van der Waals surface area contributed by atoms with Crippen molar-refractivity contribution >= 4 is 21.6 Å². The van der Waals surface area contributed by atoms with E-state index in [1.165, 1.54) is 48.0 Å². The van der Waals surface area contributed by atoms with Gasteiger partial charge in [-0.2, -0.15) is 0 Å². The molecule has 0 aliphatic heterocycles. The lowest BCUT2D eigenvalue weighted by Gasteiger charge is -2.25. The Bertz CT molecular complexity index is 472. The van der Waals surface area contributed by atoms with Gasteiger partial charge in [-0.25, -0.2) is 0 Å². The molecule has 4 heteroatoms. The Hall–Kier alpha value is -0.580. The molecule has 3 rings (SSSR count). The van der Waals surface area contributed by atoms with Crippen molar-refractivity contribution < 1.29 is 4.74 Å². The topological polar surface area (TPSA) is 24.5 Å². The number of nitrogens with one attached hydrogen (secondary N) is 1. The number of anilines is 1. The molecule has 2 fully saturated rings. The predicted octanol–water partition coefficient (Wildman–Crippen LogP) is 3.56. The molecule has 0 saturated heterocycles. The summed E-state index contributed by atoms with van der Waals surface area (Å²) in [5, 5.41) is 3.40. The van der Waals surface area contributed by atoms with E-state index in [9.17, 15) is 0 Å². The highest BCUT2D eigenvalue weighted by Gasteiger charge is 2.33. The van der Waals surface area contributed by atoms with E-state index in [2.05, 4.69) is 44.3 Å². The van der Waals surface area contributed by atoms with Crippen molar-refractivity contribution in [2.24, 2.45) is 5.92 Å². The molecule has 2 aliphatic carbocycles. The first-order valence-electron chi connectivity index (χ1n) is 8.02. The van der Waals surface area contributed by atoms with Gasteiger partial charge >= 0.3 is 0 Å². The van der Waals surface area contributed by atoms with Crippen LogP contribution in [0.2, 0.25) is 0 Å². The summed E-state index contributed by atoms with van der Waals surface area (Å²) in [7, 11) is 1.73. The van der Waals surface area contributed by atoms with Crippen LogP contribution in [0.1, 0.15) is 31.2 Å². The first kappa shape index (κ1) is 15.3. The second-order valence-corrected chi connectivity index (χ2v) is 7.13. The summed E-state index contributed by atoms with van der Waals surface area (Å²) in [5.41, 5.74) is 2.70. The van der Waals surface area contributed by atoms with Crippen molar-refractivity contribution in [3.05, 3.63) is 28.2 Å². The Labute approximate surface area is 136 Å². The molecular weight excluding hydrogens is 328 g/mol. The van der Waals surface area contributed by atoms with Crippen LogP contribution in [-0.4, -0.2) is 32.8 Å². The van der Waals surface area contributed by atoms with Gasteiger partial charge in [-0.3, -0.25) is 0 Å². The van der Waals surface area contributed by atoms with Gasteiger partial charge in [-0.15, -0.1) is 0 Å². The van der Waals surface area contributed by atoms with Crippen molar-refractivity contribution in [1.29, 1.82) is 0 Å². The van der Waals surface area contributed by atoms with Crippen molar-refractivity contribution in [2.75, 3.05) is 31.7 Å². The number of methoxy groups -OCH3 is 1. The molecule has 3 nitrogen and oxygen atoms in total. The molecule has 0 spiro atoms. The molecule has 0 amide bonds. The predicted molar refractivity (Wildman–Crippen MR) is 90.8 cm³/mol. The zero-order chi connectivity index (χ0) is 14.7. The van der Waals surface area contributed by atoms with Crippen LogP contribution in [0.4, 0.5) is 5.69 Å². The molecule has 2 aliphatic rings. The van der Waals surface area contributed by atoms with Crippen LogP contribution < -0.4 is 10.2 Å². The van der Waals surface area contributed by atoms with Crippen molar-refractivity contribution in [1.82, 2.24) is 5.32 Å².